The molecule has 1 aliphatic carbocycles. The molecule has 2 nitrogen and oxygen atoms in total. The lowest BCUT2D eigenvalue weighted by atomic mass is 9.65. The molecule has 1 aliphatic rings. The molecule has 0 saturated carbocycles. The maximum Gasteiger partial charge on any atom is 0.0725 e. The third-order valence-electron chi connectivity index (χ3n) is 17.9. The molecule has 16 rings (SSSR count). The quantitative estimate of drug-likeness (QED) is 0.113. The standard InChI is InChI=1S/C85H58N2/c1-9-27-59(28-10-1)63-45-50-72(61-31-13-3-14-32-61)80(56-63)86(68-39-21-7-22-40-68)70-48-53-74-65(55-70)47-52-78-82-76-44-26-25-43-75(76)79-58-71(49-54-77(79)84(82)85(83(74)78,66-35-17-5-18-36-66)67-37-19-6-20-38-67)87(69-41-23-8-24-42-69)81-57-64(60-29-11-2-12-30-60)46-51-73(81)62-33-15-4-16-34-62/h1-58H. The van der Waals surface area contributed by atoms with Gasteiger partial charge in [-0.1, -0.05) is 291 Å². The van der Waals surface area contributed by atoms with Crippen LogP contribution >= 0.6 is 0 Å². The van der Waals surface area contributed by atoms with E-state index < -0.39 is 5.41 Å². The molecule has 15 aromatic carbocycles. The molecular formula is C85H58N2. The number of anilines is 6. The van der Waals surface area contributed by atoms with E-state index in [0.29, 0.717) is 0 Å². The molecule has 0 atom stereocenters. The second-order valence-electron chi connectivity index (χ2n) is 22.7. The van der Waals surface area contributed by atoms with Gasteiger partial charge >= 0.3 is 0 Å². The summed E-state index contributed by atoms with van der Waals surface area (Å²) in [4.78, 5) is 4.92. The van der Waals surface area contributed by atoms with Gasteiger partial charge in [-0.3, -0.25) is 0 Å². The zero-order chi connectivity index (χ0) is 57.7. The van der Waals surface area contributed by atoms with Gasteiger partial charge in [0.25, 0.3) is 0 Å². The first-order chi connectivity index (χ1) is 43.2. The van der Waals surface area contributed by atoms with E-state index in [4.69, 9.17) is 0 Å². The lowest BCUT2D eigenvalue weighted by molar-refractivity contribution is 0.783. The Hall–Kier alpha value is -11.3. The van der Waals surface area contributed by atoms with Crippen LogP contribution in [-0.2, 0) is 5.41 Å². The van der Waals surface area contributed by atoms with E-state index in [9.17, 15) is 0 Å². The van der Waals surface area contributed by atoms with Crippen LogP contribution in [0.15, 0.2) is 352 Å². The molecule has 0 bridgehead atoms. The van der Waals surface area contributed by atoms with Crippen LogP contribution in [0.25, 0.3) is 88.0 Å². The zero-order valence-corrected chi connectivity index (χ0v) is 47.9. The molecule has 408 valence electrons. The topological polar surface area (TPSA) is 6.48 Å². The van der Waals surface area contributed by atoms with Crippen molar-refractivity contribution in [3.8, 4) is 55.6 Å². The summed E-state index contributed by atoms with van der Waals surface area (Å²) in [7, 11) is 0. The third kappa shape index (κ3) is 8.72. The van der Waals surface area contributed by atoms with Gasteiger partial charge in [0.1, 0.15) is 0 Å². The Bertz CT molecular complexity index is 4950. The SMILES string of the molecule is c1ccc(-c2ccc(-c3ccccc3)c(N(c3ccccc3)c3ccc4c5c(ccc4c3)-c3c(c4ccc(N(c6ccccc6)c6cc(-c7ccccc7)ccc6-c6ccccc6)cc4c4ccccc34)C5(c3ccccc3)c3ccccc3)c2)cc1. The van der Waals surface area contributed by atoms with Crippen molar-refractivity contribution >= 4 is 66.4 Å². The fraction of sp³-hybridized carbons (Fsp3) is 0.0118. The van der Waals surface area contributed by atoms with E-state index in [0.717, 1.165) is 72.9 Å². The van der Waals surface area contributed by atoms with Crippen LogP contribution in [0.2, 0.25) is 0 Å². The number of fused-ring (bicyclic) bond motifs is 10. The summed E-state index contributed by atoms with van der Waals surface area (Å²) in [5.74, 6) is 0. The lowest BCUT2D eigenvalue weighted by Crippen LogP contribution is -2.29. The second-order valence-corrected chi connectivity index (χ2v) is 22.7. The summed E-state index contributed by atoms with van der Waals surface area (Å²) in [5.41, 5.74) is 22.6. The summed E-state index contributed by atoms with van der Waals surface area (Å²) in [5, 5.41) is 7.24. The minimum absolute atomic E-state index is 0.745. The van der Waals surface area contributed by atoms with Gasteiger partial charge in [0, 0.05) is 33.9 Å². The fourth-order valence-electron chi connectivity index (χ4n) is 14.1. The van der Waals surface area contributed by atoms with Gasteiger partial charge in [-0.05, 0) is 160 Å². The Kier molecular flexibility index (Phi) is 12.8. The van der Waals surface area contributed by atoms with Gasteiger partial charge in [-0.2, -0.15) is 0 Å². The maximum atomic E-state index is 2.47. The molecule has 0 saturated heterocycles. The summed E-state index contributed by atoms with van der Waals surface area (Å²) in [6, 6.07) is 130. The Morgan fingerprint density at radius 1 is 0.207 bits per heavy atom. The largest absolute Gasteiger partial charge is 0.310 e. The first-order valence-electron chi connectivity index (χ1n) is 30.1. The van der Waals surface area contributed by atoms with E-state index in [-0.39, 0.29) is 0 Å². The highest BCUT2D eigenvalue weighted by Gasteiger charge is 2.49. The highest BCUT2D eigenvalue weighted by molar-refractivity contribution is 6.21. The normalized spacial score (nSPS) is 12.2. The monoisotopic (exact) mass is 1110 g/mol. The van der Waals surface area contributed by atoms with E-state index in [2.05, 4.69) is 362 Å². The molecule has 2 heteroatoms. The number of nitrogens with zero attached hydrogens (tertiary/aromatic N) is 2. The number of benzene rings is 15. The molecule has 0 unspecified atom stereocenters. The van der Waals surface area contributed by atoms with Crippen LogP contribution in [0, 0.1) is 0 Å². The van der Waals surface area contributed by atoms with Crippen molar-refractivity contribution in [1.29, 1.82) is 0 Å². The molecule has 0 heterocycles. The van der Waals surface area contributed by atoms with Crippen molar-refractivity contribution in [2.45, 2.75) is 5.41 Å². The van der Waals surface area contributed by atoms with E-state index in [1.807, 2.05) is 0 Å². The van der Waals surface area contributed by atoms with Crippen molar-refractivity contribution in [2.24, 2.45) is 0 Å². The first-order valence-corrected chi connectivity index (χ1v) is 30.1. The smallest absolute Gasteiger partial charge is 0.0725 e. The van der Waals surface area contributed by atoms with E-state index >= 15 is 0 Å². The third-order valence-corrected chi connectivity index (χ3v) is 17.9. The minimum Gasteiger partial charge on any atom is -0.310 e. The number of hydrogen-bond acceptors (Lipinski definition) is 2. The number of rotatable bonds is 12. The average molecular weight is 1110 g/mol. The van der Waals surface area contributed by atoms with Gasteiger partial charge in [0.05, 0.1) is 16.8 Å². The number of hydrogen-bond donors (Lipinski definition) is 0. The highest BCUT2D eigenvalue weighted by atomic mass is 15.2. The van der Waals surface area contributed by atoms with Crippen molar-refractivity contribution in [1.82, 2.24) is 0 Å². The van der Waals surface area contributed by atoms with Crippen molar-refractivity contribution in [3.05, 3.63) is 374 Å². The fourth-order valence-corrected chi connectivity index (χ4v) is 14.1. The Labute approximate surface area is 508 Å². The molecule has 15 aromatic rings. The van der Waals surface area contributed by atoms with Crippen LogP contribution in [0.1, 0.15) is 22.3 Å². The Balaban J connectivity index is 0.958. The average Bonchev–Trinajstić information content (AvgIpc) is 1.54. The summed E-state index contributed by atoms with van der Waals surface area (Å²) in [6.07, 6.45) is 0. The lowest BCUT2D eigenvalue weighted by Gasteiger charge is -2.36. The molecule has 0 amide bonds. The van der Waals surface area contributed by atoms with E-state index in [1.54, 1.807) is 0 Å². The first kappa shape index (κ1) is 51.3. The molecule has 0 fully saturated rings. The van der Waals surface area contributed by atoms with Crippen molar-refractivity contribution in [2.75, 3.05) is 9.80 Å². The van der Waals surface area contributed by atoms with Crippen LogP contribution in [0.4, 0.5) is 34.1 Å². The van der Waals surface area contributed by atoms with Crippen molar-refractivity contribution in [3.63, 3.8) is 0 Å². The van der Waals surface area contributed by atoms with Gasteiger partial charge < -0.3 is 9.80 Å². The summed E-state index contributed by atoms with van der Waals surface area (Å²) >= 11 is 0. The molecule has 0 spiro atoms. The Morgan fingerprint density at radius 3 is 1.08 bits per heavy atom. The van der Waals surface area contributed by atoms with Gasteiger partial charge in [-0.25, -0.2) is 0 Å². The molecule has 0 N–H and O–H groups in total. The number of para-hydroxylation sites is 2. The van der Waals surface area contributed by atoms with Crippen LogP contribution in [-0.4, -0.2) is 0 Å². The maximum absolute atomic E-state index is 2.47. The second kappa shape index (κ2) is 21.7. The minimum atomic E-state index is -0.745. The van der Waals surface area contributed by atoms with Gasteiger partial charge in [-0.15, -0.1) is 0 Å². The predicted octanol–water partition coefficient (Wildman–Crippen LogP) is 23.1. The summed E-state index contributed by atoms with van der Waals surface area (Å²) in [6.45, 7) is 0. The van der Waals surface area contributed by atoms with Crippen LogP contribution in [0.5, 0.6) is 0 Å². The zero-order valence-electron chi connectivity index (χ0n) is 47.9. The van der Waals surface area contributed by atoms with Gasteiger partial charge in [0.15, 0.2) is 0 Å². The van der Waals surface area contributed by atoms with Crippen molar-refractivity contribution < 1.29 is 0 Å². The molecule has 87 heavy (non-hydrogen) atoms. The predicted molar refractivity (Wildman–Crippen MR) is 367 cm³/mol. The summed E-state index contributed by atoms with van der Waals surface area (Å²) < 4.78 is 0. The molecular weight excluding hydrogens is 1050 g/mol. The highest BCUT2D eigenvalue weighted by Crippen LogP contribution is 2.62. The van der Waals surface area contributed by atoms with E-state index in [1.165, 1.54) is 71.4 Å². The van der Waals surface area contributed by atoms with Crippen LogP contribution in [0.3, 0.4) is 0 Å². The molecule has 0 aliphatic heterocycles. The molecule has 0 radical (unpaired) electrons. The van der Waals surface area contributed by atoms with Crippen LogP contribution < -0.4 is 9.80 Å². The Morgan fingerprint density at radius 2 is 0.598 bits per heavy atom. The molecule has 0 aromatic heterocycles. The van der Waals surface area contributed by atoms with Gasteiger partial charge in [0.2, 0.25) is 0 Å².